The number of imide groups is 1. The van der Waals surface area contributed by atoms with Crippen molar-refractivity contribution in [2.24, 2.45) is 23.7 Å². The number of nitrogens with zero attached hydrogens (tertiary/aromatic N) is 11. The second-order valence-electron chi connectivity index (χ2n) is 19.3. The molecule has 1 spiro atoms. The number of aryl methyl sites for hydroxylation is 1. The first-order valence-electron chi connectivity index (χ1n) is 23.0. The quantitative estimate of drug-likeness (QED) is 0.155. The maximum atomic E-state index is 14.4. The molecule has 19 heteroatoms. The zero-order valence-corrected chi connectivity index (χ0v) is 36.2. The third kappa shape index (κ3) is 7.36. The van der Waals surface area contributed by atoms with Gasteiger partial charge in [-0.05, 0) is 93.2 Å². The van der Waals surface area contributed by atoms with Crippen molar-refractivity contribution in [3.63, 3.8) is 0 Å². The van der Waals surface area contributed by atoms with E-state index in [1.165, 1.54) is 10.7 Å². The normalized spacial score (nSPS) is 26.4. The van der Waals surface area contributed by atoms with Crippen molar-refractivity contribution in [1.82, 2.24) is 54.2 Å². The summed E-state index contributed by atoms with van der Waals surface area (Å²) in [6.07, 6.45) is 12.4. The van der Waals surface area contributed by atoms with Crippen LogP contribution in [0.15, 0.2) is 55.2 Å². The highest BCUT2D eigenvalue weighted by Crippen LogP contribution is 2.53. The molecule has 3 aliphatic heterocycles. The summed E-state index contributed by atoms with van der Waals surface area (Å²) in [4.78, 5) is 47.6. The zero-order chi connectivity index (χ0) is 44.1. The van der Waals surface area contributed by atoms with E-state index in [9.17, 15) is 23.2 Å². The zero-order valence-electron chi connectivity index (χ0n) is 36.2. The second-order valence-corrected chi connectivity index (χ2v) is 19.3. The van der Waals surface area contributed by atoms with Gasteiger partial charge >= 0.3 is 0 Å². The molecule has 3 saturated carbocycles. The Morgan fingerprint density at radius 2 is 1.83 bits per heavy atom. The minimum atomic E-state index is -2.85. The first-order valence-corrected chi connectivity index (χ1v) is 23.0. The molecular weight excluding hydrogens is 837 g/mol. The van der Waals surface area contributed by atoms with Crippen LogP contribution in [0.4, 0.5) is 20.3 Å². The Bertz CT molecular complexity index is 2840. The number of benzene rings is 1. The molecule has 1 aromatic carbocycles. The van der Waals surface area contributed by atoms with E-state index in [1.807, 2.05) is 31.3 Å². The summed E-state index contributed by atoms with van der Waals surface area (Å²) in [7, 11) is 0. The molecule has 2 N–H and O–H groups in total. The van der Waals surface area contributed by atoms with E-state index in [1.54, 1.807) is 21.8 Å². The van der Waals surface area contributed by atoms with Crippen LogP contribution in [0.25, 0.3) is 27.7 Å². The molecule has 65 heavy (non-hydrogen) atoms. The van der Waals surface area contributed by atoms with Crippen molar-refractivity contribution in [1.29, 1.82) is 0 Å². The Morgan fingerprint density at radius 3 is 2.62 bits per heavy atom. The lowest BCUT2D eigenvalue weighted by atomic mass is 9.85. The smallest absolute Gasteiger partial charge is 0.284 e. The average molecular weight is 888 g/mol. The Morgan fingerprint density at radius 1 is 1.00 bits per heavy atom. The lowest BCUT2D eigenvalue weighted by Gasteiger charge is -2.34. The van der Waals surface area contributed by atoms with Crippen molar-refractivity contribution >= 4 is 45.8 Å². The number of fused-ring (bicyclic) bond motifs is 3. The van der Waals surface area contributed by atoms with E-state index in [-0.39, 0.29) is 34.7 Å². The number of ether oxygens (including phenoxy) is 1. The fourth-order valence-electron chi connectivity index (χ4n) is 11.4. The van der Waals surface area contributed by atoms with Gasteiger partial charge in [0.2, 0.25) is 5.91 Å². The third-order valence-electron chi connectivity index (χ3n) is 15.1. The number of likely N-dealkylation sites (tertiary alicyclic amines) is 1. The lowest BCUT2D eigenvalue weighted by Crippen LogP contribution is -2.44. The number of aromatic nitrogens is 9. The first kappa shape index (κ1) is 40.4. The fraction of sp³-hybridized carbons (Fsp3) is 0.522. The van der Waals surface area contributed by atoms with Gasteiger partial charge in [-0.3, -0.25) is 33.7 Å². The standard InChI is InChI=1S/C46H51F2N13O4/c1-26-40-30(3-2-4-36(40)61(54-26)37-9-10-39(62)53-45(37)64)28-17-49-58(20-28)23-34-32-21-56(22-33(32)34)19-27-5-7-29(8-6-27)60-24-35(41(55-60)42(47)48)51-44(63)31-18-50-59-14-11-38(52-43(31)59)57-15-16-65-46(25-57)12-13-46/h2-4,11,14,17-18,20,24,27,29,32-34,37,42H,5-10,12-13,15-16,19,21-23,25H2,1H3,(H,51,63)(H,53,62,64)/t27?,29?,32-,33?,34?,37?/m1/s1. The van der Waals surface area contributed by atoms with Crippen LogP contribution in [-0.4, -0.2) is 111 Å². The molecule has 12 rings (SSSR count). The van der Waals surface area contributed by atoms with Gasteiger partial charge in [0, 0.05) is 75.2 Å². The molecule has 0 radical (unpaired) electrons. The highest BCUT2D eigenvalue weighted by atomic mass is 19.3. The second kappa shape index (κ2) is 15.5. The van der Waals surface area contributed by atoms with Crippen LogP contribution in [-0.2, 0) is 20.9 Å². The van der Waals surface area contributed by atoms with Gasteiger partial charge in [0.25, 0.3) is 18.2 Å². The van der Waals surface area contributed by atoms with Crippen LogP contribution < -0.4 is 15.5 Å². The average Bonchev–Trinajstić information content (AvgIpc) is 3.73. The number of alkyl halides is 2. The molecular formula is C46H51F2N13O4. The monoisotopic (exact) mass is 887 g/mol. The molecule has 8 heterocycles. The summed E-state index contributed by atoms with van der Waals surface area (Å²) in [6.45, 7) is 8.09. The molecule has 5 aromatic heterocycles. The van der Waals surface area contributed by atoms with Crippen LogP contribution in [0, 0.1) is 30.6 Å². The molecule has 3 amide bonds. The Balaban J connectivity index is 0.639. The molecule has 17 nitrogen and oxygen atoms in total. The van der Waals surface area contributed by atoms with Crippen molar-refractivity contribution in [2.75, 3.05) is 49.5 Å². The topological polar surface area (TPSA) is 175 Å². The maximum Gasteiger partial charge on any atom is 0.284 e. The number of nitrogens with one attached hydrogen (secondary N) is 2. The summed E-state index contributed by atoms with van der Waals surface area (Å²) < 4.78 is 41.7. The molecule has 6 aromatic rings. The highest BCUT2D eigenvalue weighted by molar-refractivity contribution is 6.08. The van der Waals surface area contributed by atoms with E-state index in [0.29, 0.717) is 55.3 Å². The van der Waals surface area contributed by atoms with Gasteiger partial charge in [0.15, 0.2) is 11.3 Å². The number of halogens is 2. The number of anilines is 2. The van der Waals surface area contributed by atoms with Gasteiger partial charge < -0.3 is 19.9 Å². The van der Waals surface area contributed by atoms with Crippen molar-refractivity contribution in [3.8, 4) is 11.1 Å². The van der Waals surface area contributed by atoms with Gasteiger partial charge in [-0.2, -0.15) is 20.4 Å². The Kier molecular flexibility index (Phi) is 9.66. The molecule has 3 unspecified atom stereocenters. The minimum absolute atomic E-state index is 0.00941. The van der Waals surface area contributed by atoms with E-state index in [4.69, 9.17) is 19.9 Å². The maximum absolute atomic E-state index is 14.4. The number of hydrogen-bond acceptors (Lipinski definition) is 11. The Labute approximate surface area is 372 Å². The highest BCUT2D eigenvalue weighted by Gasteiger charge is 2.55. The molecule has 4 atom stereocenters. The van der Waals surface area contributed by atoms with E-state index in [0.717, 1.165) is 105 Å². The lowest BCUT2D eigenvalue weighted by molar-refractivity contribution is -0.135. The summed E-state index contributed by atoms with van der Waals surface area (Å²) in [5, 5.41) is 24.3. The summed E-state index contributed by atoms with van der Waals surface area (Å²) >= 11 is 0. The number of morpholine rings is 1. The van der Waals surface area contributed by atoms with Crippen LogP contribution in [0.1, 0.15) is 91.6 Å². The third-order valence-corrected chi connectivity index (χ3v) is 15.1. The van der Waals surface area contributed by atoms with E-state index < -0.39 is 24.1 Å². The number of piperidine rings is 2. The van der Waals surface area contributed by atoms with Gasteiger partial charge in [-0.1, -0.05) is 12.1 Å². The number of amides is 3. The molecule has 0 bridgehead atoms. The van der Waals surface area contributed by atoms with Crippen LogP contribution in [0.3, 0.4) is 0 Å². The van der Waals surface area contributed by atoms with Gasteiger partial charge in [-0.25, -0.2) is 18.3 Å². The molecule has 3 aliphatic carbocycles. The van der Waals surface area contributed by atoms with Crippen molar-refractivity contribution in [3.05, 3.63) is 72.2 Å². The van der Waals surface area contributed by atoms with Gasteiger partial charge in [0.1, 0.15) is 17.4 Å². The first-order chi connectivity index (χ1) is 31.6. The summed E-state index contributed by atoms with van der Waals surface area (Å²) in [5.41, 5.74) is 3.78. The van der Waals surface area contributed by atoms with E-state index >= 15 is 0 Å². The van der Waals surface area contributed by atoms with E-state index in [2.05, 4.69) is 47.6 Å². The summed E-state index contributed by atoms with van der Waals surface area (Å²) in [5.74, 6) is 2.04. The number of carbonyl (C=O) groups excluding carboxylic acids is 3. The summed E-state index contributed by atoms with van der Waals surface area (Å²) in [6, 6.07) is 7.36. The minimum Gasteiger partial charge on any atom is -0.371 e. The van der Waals surface area contributed by atoms with Gasteiger partial charge in [0.05, 0.1) is 47.5 Å². The molecule has 3 saturated heterocycles. The van der Waals surface area contributed by atoms with Crippen molar-refractivity contribution in [2.45, 2.75) is 88.9 Å². The predicted octanol–water partition coefficient (Wildman–Crippen LogP) is 5.59. The Hall–Kier alpha value is -6.08. The van der Waals surface area contributed by atoms with Crippen LogP contribution in [0.5, 0.6) is 0 Å². The van der Waals surface area contributed by atoms with Gasteiger partial charge in [-0.15, -0.1) is 0 Å². The SMILES string of the molecule is Cc1nn(C2CCC(=O)NC2=O)c2cccc(-c3cnn(CC4C5CN(CC6CCC(n7cc(NC(=O)c8cnn9ccc(N%10CCOC%11(CC%11)C%10)nc89)c(C(F)F)n7)CC6)C[C@H]54)c3)c12. The molecule has 6 aliphatic rings. The van der Waals surface area contributed by atoms with Crippen LogP contribution >= 0.6 is 0 Å². The number of rotatable bonds is 11. The van der Waals surface area contributed by atoms with Crippen molar-refractivity contribution < 1.29 is 27.9 Å². The largest absolute Gasteiger partial charge is 0.371 e. The number of carbonyl (C=O) groups is 3. The molecule has 338 valence electrons. The predicted molar refractivity (Wildman–Crippen MR) is 233 cm³/mol. The number of hydrogen-bond donors (Lipinski definition) is 2. The fourth-order valence-corrected chi connectivity index (χ4v) is 11.4. The van der Waals surface area contributed by atoms with Crippen LogP contribution in [0.2, 0.25) is 0 Å². The molecule has 6 fully saturated rings.